The van der Waals surface area contributed by atoms with Crippen LogP contribution < -0.4 is 10.1 Å². The molecule has 1 N–H and O–H groups in total. The van der Waals surface area contributed by atoms with Gasteiger partial charge in [0.05, 0.1) is 25.3 Å². The molecule has 0 bridgehead atoms. The Morgan fingerprint density at radius 3 is 2.81 bits per heavy atom. The highest BCUT2D eigenvalue weighted by Gasteiger charge is 2.34. The van der Waals surface area contributed by atoms with Crippen LogP contribution in [-0.2, 0) is 16.1 Å². The number of hydrogen-bond donors (Lipinski definition) is 1. The lowest BCUT2D eigenvalue weighted by Gasteiger charge is -2.31. The molecular formula is C21H25N3O3. The topological polar surface area (TPSA) is 71.5 Å². The normalized spacial score (nSPS) is 15.9. The third-order valence-electron chi connectivity index (χ3n) is 4.57. The van der Waals surface area contributed by atoms with Crippen LogP contribution in [0.3, 0.4) is 0 Å². The maximum atomic E-state index is 13.4. The number of carbonyl (C=O) groups is 2. The van der Waals surface area contributed by atoms with Crippen molar-refractivity contribution in [2.75, 3.05) is 19.0 Å². The van der Waals surface area contributed by atoms with Gasteiger partial charge in [0, 0.05) is 24.8 Å². The van der Waals surface area contributed by atoms with E-state index < -0.39 is 5.92 Å². The Morgan fingerprint density at radius 2 is 2.15 bits per heavy atom. The van der Waals surface area contributed by atoms with E-state index in [4.69, 9.17) is 4.74 Å². The summed E-state index contributed by atoms with van der Waals surface area (Å²) in [5.41, 5.74) is 2.30. The van der Waals surface area contributed by atoms with Crippen LogP contribution in [0.15, 0.2) is 42.6 Å². The van der Waals surface area contributed by atoms with Crippen LogP contribution in [-0.4, -0.2) is 35.4 Å². The highest BCUT2D eigenvalue weighted by Crippen LogP contribution is 2.36. The summed E-state index contributed by atoms with van der Waals surface area (Å²) in [5.74, 6) is 0.251. The Kier molecular flexibility index (Phi) is 5.74. The van der Waals surface area contributed by atoms with Gasteiger partial charge in [-0.15, -0.1) is 0 Å². The molecule has 0 aliphatic carbocycles. The van der Waals surface area contributed by atoms with Crippen molar-refractivity contribution < 1.29 is 14.3 Å². The molecule has 1 atom stereocenters. The second-order valence-electron chi connectivity index (χ2n) is 7.19. The molecule has 0 saturated carbocycles. The molecule has 1 aromatic carbocycles. The maximum absolute atomic E-state index is 13.4. The van der Waals surface area contributed by atoms with Crippen LogP contribution in [0.25, 0.3) is 0 Å². The lowest BCUT2D eigenvalue weighted by atomic mass is 9.88. The fourth-order valence-corrected chi connectivity index (χ4v) is 3.37. The highest BCUT2D eigenvalue weighted by molar-refractivity contribution is 6.01. The van der Waals surface area contributed by atoms with Crippen molar-refractivity contribution in [1.29, 1.82) is 0 Å². The van der Waals surface area contributed by atoms with Crippen LogP contribution in [0.5, 0.6) is 5.75 Å². The van der Waals surface area contributed by atoms with E-state index in [9.17, 15) is 9.59 Å². The Labute approximate surface area is 159 Å². The van der Waals surface area contributed by atoms with E-state index in [1.54, 1.807) is 30.3 Å². The van der Waals surface area contributed by atoms with Gasteiger partial charge in [0.25, 0.3) is 0 Å². The summed E-state index contributed by atoms with van der Waals surface area (Å²) in [6, 6.07) is 11.1. The zero-order chi connectivity index (χ0) is 19.4. The SMILES string of the molecule is COc1ccc2c(c1)[C@@H](C(=O)N(Cc1ccccn1)CC(C)C)CC(=O)N2. The second kappa shape index (κ2) is 8.20. The summed E-state index contributed by atoms with van der Waals surface area (Å²) in [6.45, 7) is 5.18. The van der Waals surface area contributed by atoms with Crippen LogP contribution in [0.4, 0.5) is 5.69 Å². The highest BCUT2D eigenvalue weighted by atomic mass is 16.5. The van der Waals surface area contributed by atoms with Crippen LogP contribution >= 0.6 is 0 Å². The predicted molar refractivity (Wildman–Crippen MR) is 103 cm³/mol. The monoisotopic (exact) mass is 367 g/mol. The number of hydrogen-bond acceptors (Lipinski definition) is 4. The number of amides is 2. The van der Waals surface area contributed by atoms with Gasteiger partial charge in [-0.1, -0.05) is 19.9 Å². The summed E-state index contributed by atoms with van der Waals surface area (Å²) >= 11 is 0. The van der Waals surface area contributed by atoms with Crippen molar-refractivity contribution >= 4 is 17.5 Å². The van der Waals surface area contributed by atoms with E-state index in [0.29, 0.717) is 30.4 Å². The first kappa shape index (κ1) is 18.9. The van der Waals surface area contributed by atoms with Gasteiger partial charge in [-0.2, -0.15) is 0 Å². The number of rotatable bonds is 6. The molecule has 0 radical (unpaired) electrons. The van der Waals surface area contributed by atoms with Gasteiger partial charge < -0.3 is 15.0 Å². The second-order valence-corrected chi connectivity index (χ2v) is 7.19. The van der Waals surface area contributed by atoms with Gasteiger partial charge in [0.2, 0.25) is 11.8 Å². The number of ether oxygens (including phenoxy) is 1. The van der Waals surface area contributed by atoms with E-state index in [1.165, 1.54) is 0 Å². The zero-order valence-corrected chi connectivity index (χ0v) is 15.9. The van der Waals surface area contributed by atoms with Crippen molar-refractivity contribution in [3.05, 3.63) is 53.9 Å². The molecule has 6 nitrogen and oxygen atoms in total. The Bertz CT molecular complexity index is 821. The predicted octanol–water partition coefficient (Wildman–Crippen LogP) is 3.20. The quantitative estimate of drug-likeness (QED) is 0.851. The van der Waals surface area contributed by atoms with Gasteiger partial charge in [-0.3, -0.25) is 14.6 Å². The maximum Gasteiger partial charge on any atom is 0.231 e. The van der Waals surface area contributed by atoms with Gasteiger partial charge in [0.15, 0.2) is 0 Å². The van der Waals surface area contributed by atoms with E-state index in [1.807, 2.05) is 24.3 Å². The number of benzene rings is 1. The van der Waals surface area contributed by atoms with Crippen molar-refractivity contribution in [2.45, 2.75) is 32.7 Å². The fraction of sp³-hybridized carbons (Fsp3) is 0.381. The van der Waals surface area contributed by atoms with Gasteiger partial charge in [-0.25, -0.2) is 0 Å². The first-order valence-corrected chi connectivity index (χ1v) is 9.14. The summed E-state index contributed by atoms with van der Waals surface area (Å²) in [7, 11) is 1.59. The molecule has 1 aromatic heterocycles. The van der Waals surface area contributed by atoms with E-state index in [0.717, 1.165) is 11.3 Å². The minimum atomic E-state index is -0.522. The third-order valence-corrected chi connectivity index (χ3v) is 4.57. The molecule has 3 rings (SSSR count). The summed E-state index contributed by atoms with van der Waals surface area (Å²) in [6.07, 6.45) is 1.86. The summed E-state index contributed by atoms with van der Waals surface area (Å²) < 4.78 is 5.31. The largest absolute Gasteiger partial charge is 0.497 e. The molecule has 1 aliphatic rings. The number of aromatic nitrogens is 1. The number of methoxy groups -OCH3 is 1. The first-order valence-electron chi connectivity index (χ1n) is 9.14. The Balaban J connectivity index is 1.92. The Morgan fingerprint density at radius 1 is 1.33 bits per heavy atom. The van der Waals surface area contributed by atoms with Crippen LogP contribution in [0.2, 0.25) is 0 Å². The first-order chi connectivity index (χ1) is 13.0. The lowest BCUT2D eigenvalue weighted by Crippen LogP contribution is -2.40. The third kappa shape index (κ3) is 4.45. The fourth-order valence-electron chi connectivity index (χ4n) is 3.37. The number of anilines is 1. The minimum absolute atomic E-state index is 0.0568. The van der Waals surface area contributed by atoms with Crippen molar-refractivity contribution in [3.8, 4) is 5.75 Å². The molecule has 2 heterocycles. The summed E-state index contributed by atoms with van der Waals surface area (Å²) in [4.78, 5) is 31.7. The van der Waals surface area contributed by atoms with E-state index >= 15 is 0 Å². The van der Waals surface area contributed by atoms with E-state index in [2.05, 4.69) is 24.1 Å². The zero-order valence-electron chi connectivity index (χ0n) is 15.9. The lowest BCUT2D eigenvalue weighted by molar-refractivity contribution is -0.136. The van der Waals surface area contributed by atoms with Crippen LogP contribution in [0.1, 0.15) is 37.4 Å². The minimum Gasteiger partial charge on any atom is -0.497 e. The van der Waals surface area contributed by atoms with Gasteiger partial charge >= 0.3 is 0 Å². The number of carbonyl (C=O) groups excluding carboxylic acids is 2. The molecular weight excluding hydrogens is 342 g/mol. The molecule has 6 heteroatoms. The molecule has 2 amide bonds. The molecule has 0 unspecified atom stereocenters. The Hall–Kier alpha value is -2.89. The average molecular weight is 367 g/mol. The average Bonchev–Trinajstić information content (AvgIpc) is 2.66. The molecule has 27 heavy (non-hydrogen) atoms. The number of pyridine rings is 1. The summed E-state index contributed by atoms with van der Waals surface area (Å²) in [5, 5.41) is 2.85. The van der Waals surface area contributed by atoms with E-state index in [-0.39, 0.29) is 18.2 Å². The van der Waals surface area contributed by atoms with Crippen LogP contribution in [0, 0.1) is 5.92 Å². The molecule has 1 aliphatic heterocycles. The molecule has 2 aromatic rings. The van der Waals surface area contributed by atoms with Gasteiger partial charge in [-0.05, 0) is 41.8 Å². The molecule has 0 spiro atoms. The number of fused-ring (bicyclic) bond motifs is 1. The van der Waals surface area contributed by atoms with Gasteiger partial charge in [0.1, 0.15) is 5.75 Å². The van der Waals surface area contributed by atoms with Crippen molar-refractivity contribution in [1.82, 2.24) is 9.88 Å². The number of nitrogens with one attached hydrogen (secondary N) is 1. The number of nitrogens with zero attached hydrogens (tertiary/aromatic N) is 2. The smallest absolute Gasteiger partial charge is 0.231 e. The van der Waals surface area contributed by atoms with Crippen molar-refractivity contribution in [3.63, 3.8) is 0 Å². The molecule has 0 fully saturated rings. The molecule has 142 valence electrons. The van der Waals surface area contributed by atoms with Crippen molar-refractivity contribution in [2.24, 2.45) is 5.92 Å². The standard InChI is InChI=1S/C21H25N3O3/c1-14(2)12-24(13-15-6-4-5-9-22-15)21(26)18-11-20(25)23-19-8-7-16(27-3)10-17(18)19/h4-10,14,18H,11-13H2,1-3H3,(H,23,25)/t18-/m0/s1. The molecule has 0 saturated heterocycles.